The first kappa shape index (κ1) is 24.5. The third-order valence-corrected chi connectivity index (χ3v) is 5.82. The Hall–Kier alpha value is -2.12. The number of carbonyl (C=O) groups is 2. The lowest BCUT2D eigenvalue weighted by Gasteiger charge is -2.35. The summed E-state index contributed by atoms with van der Waals surface area (Å²) in [6.45, 7) is 13.5. The molecule has 3 atom stereocenters. The van der Waals surface area contributed by atoms with Gasteiger partial charge >= 0.3 is 6.09 Å². The van der Waals surface area contributed by atoms with Gasteiger partial charge in [-0.15, -0.1) is 0 Å². The minimum Gasteiger partial charge on any atom is -0.444 e. The average molecular weight is 446 g/mol. The molecule has 0 bridgehead atoms. The van der Waals surface area contributed by atoms with Gasteiger partial charge in [-0.1, -0.05) is 24.3 Å². The molecule has 1 aromatic rings. The maximum Gasteiger partial charge on any atom is 0.410 e. The second kappa shape index (κ2) is 10.7. The van der Waals surface area contributed by atoms with Gasteiger partial charge in [0.05, 0.1) is 12.2 Å². The summed E-state index contributed by atoms with van der Waals surface area (Å²) in [5, 5.41) is 3.01. The zero-order chi connectivity index (χ0) is 23.3. The van der Waals surface area contributed by atoms with E-state index in [9.17, 15) is 9.59 Å². The molecule has 1 aromatic carbocycles. The van der Waals surface area contributed by atoms with Gasteiger partial charge in [0.25, 0.3) is 0 Å². The Morgan fingerprint density at radius 1 is 1.06 bits per heavy atom. The van der Waals surface area contributed by atoms with E-state index in [0.29, 0.717) is 19.5 Å². The minimum absolute atomic E-state index is 0.115. The fourth-order valence-corrected chi connectivity index (χ4v) is 4.48. The summed E-state index contributed by atoms with van der Waals surface area (Å²) in [5.41, 5.74) is 1.73. The van der Waals surface area contributed by atoms with Crippen molar-refractivity contribution in [3.05, 3.63) is 35.4 Å². The van der Waals surface area contributed by atoms with Gasteiger partial charge in [0.1, 0.15) is 11.6 Å². The maximum atomic E-state index is 12.9. The SMILES string of the molecule is CC1CN(Cc2ccc(CNC(=O)C3CCCCN3C(=O)OC(C)(C)C)cc2)CC(C)O1. The highest BCUT2D eigenvalue weighted by Gasteiger charge is 2.34. The highest BCUT2D eigenvalue weighted by molar-refractivity contribution is 5.85. The molecule has 0 spiro atoms. The van der Waals surface area contributed by atoms with Crippen molar-refractivity contribution in [2.45, 2.75) is 90.8 Å². The normalized spacial score (nSPS) is 24.8. The number of likely N-dealkylation sites (tertiary alicyclic amines) is 1. The van der Waals surface area contributed by atoms with Gasteiger partial charge in [-0.2, -0.15) is 0 Å². The summed E-state index contributed by atoms with van der Waals surface area (Å²) in [4.78, 5) is 29.4. The van der Waals surface area contributed by atoms with Gasteiger partial charge in [0.15, 0.2) is 0 Å². The number of hydrogen-bond acceptors (Lipinski definition) is 5. The van der Waals surface area contributed by atoms with Gasteiger partial charge in [-0.3, -0.25) is 14.6 Å². The molecule has 2 fully saturated rings. The van der Waals surface area contributed by atoms with Crippen LogP contribution in [0.2, 0.25) is 0 Å². The van der Waals surface area contributed by atoms with Crippen molar-refractivity contribution < 1.29 is 19.1 Å². The number of rotatable bonds is 5. The van der Waals surface area contributed by atoms with Crippen LogP contribution < -0.4 is 5.32 Å². The van der Waals surface area contributed by atoms with E-state index < -0.39 is 17.7 Å². The van der Waals surface area contributed by atoms with E-state index in [2.05, 4.69) is 48.3 Å². The van der Waals surface area contributed by atoms with Crippen molar-refractivity contribution in [1.29, 1.82) is 0 Å². The zero-order valence-corrected chi connectivity index (χ0v) is 20.2. The Morgan fingerprint density at radius 2 is 1.69 bits per heavy atom. The van der Waals surface area contributed by atoms with Crippen LogP contribution in [0.3, 0.4) is 0 Å². The maximum absolute atomic E-state index is 12.9. The molecule has 7 nitrogen and oxygen atoms in total. The van der Waals surface area contributed by atoms with Crippen molar-refractivity contribution in [3.63, 3.8) is 0 Å². The van der Waals surface area contributed by atoms with Gasteiger partial charge < -0.3 is 14.8 Å². The number of amides is 2. The zero-order valence-electron chi connectivity index (χ0n) is 20.2. The molecular weight excluding hydrogens is 406 g/mol. The smallest absolute Gasteiger partial charge is 0.410 e. The van der Waals surface area contributed by atoms with Crippen LogP contribution in [-0.2, 0) is 27.4 Å². The van der Waals surface area contributed by atoms with Crippen molar-refractivity contribution in [3.8, 4) is 0 Å². The summed E-state index contributed by atoms with van der Waals surface area (Å²) in [5.74, 6) is -0.115. The average Bonchev–Trinajstić information content (AvgIpc) is 2.71. The third kappa shape index (κ3) is 7.20. The van der Waals surface area contributed by atoms with Crippen molar-refractivity contribution in [2.75, 3.05) is 19.6 Å². The standard InChI is InChI=1S/C25H39N3O4/c1-18-15-27(16-19(2)31-18)17-21-11-9-20(10-12-21)14-26-23(29)22-8-6-7-13-28(22)24(30)32-25(3,4)5/h9-12,18-19,22H,6-8,13-17H2,1-5H3,(H,26,29). The second-order valence-electron chi connectivity index (χ2n) is 10.2. The Bertz CT molecular complexity index is 764. The predicted octanol–water partition coefficient (Wildman–Crippen LogP) is 3.70. The molecule has 2 saturated heterocycles. The molecule has 7 heteroatoms. The number of benzene rings is 1. The number of nitrogens with zero attached hydrogens (tertiary/aromatic N) is 2. The molecule has 2 aliphatic heterocycles. The summed E-state index contributed by atoms with van der Waals surface area (Å²) >= 11 is 0. The molecule has 2 aliphatic rings. The lowest BCUT2D eigenvalue weighted by atomic mass is 10.0. The predicted molar refractivity (Wildman–Crippen MR) is 124 cm³/mol. The number of ether oxygens (including phenoxy) is 2. The van der Waals surface area contributed by atoms with Crippen molar-refractivity contribution >= 4 is 12.0 Å². The monoisotopic (exact) mass is 445 g/mol. The summed E-state index contributed by atoms with van der Waals surface area (Å²) < 4.78 is 11.3. The number of carbonyl (C=O) groups excluding carboxylic acids is 2. The van der Waals surface area contributed by atoms with Crippen molar-refractivity contribution in [2.24, 2.45) is 0 Å². The van der Waals surface area contributed by atoms with Gasteiger partial charge in [0.2, 0.25) is 5.91 Å². The Labute approximate surface area is 192 Å². The summed E-state index contributed by atoms with van der Waals surface area (Å²) in [6, 6.07) is 7.91. The Morgan fingerprint density at radius 3 is 2.31 bits per heavy atom. The first-order valence-electron chi connectivity index (χ1n) is 11.8. The fraction of sp³-hybridized carbons (Fsp3) is 0.680. The molecule has 0 aromatic heterocycles. The molecular formula is C25H39N3O4. The van der Waals surface area contributed by atoms with Gasteiger partial charge in [-0.05, 0) is 65.0 Å². The first-order valence-corrected chi connectivity index (χ1v) is 11.8. The number of nitrogens with one attached hydrogen (secondary N) is 1. The van der Waals surface area contributed by atoms with E-state index in [1.54, 1.807) is 4.90 Å². The van der Waals surface area contributed by atoms with E-state index in [1.807, 2.05) is 20.8 Å². The van der Waals surface area contributed by atoms with Gasteiger partial charge in [0, 0.05) is 32.7 Å². The van der Waals surface area contributed by atoms with E-state index in [4.69, 9.17) is 9.47 Å². The molecule has 1 N–H and O–H groups in total. The van der Waals surface area contributed by atoms with Crippen LogP contribution in [0.5, 0.6) is 0 Å². The molecule has 2 amide bonds. The molecule has 32 heavy (non-hydrogen) atoms. The van der Waals surface area contributed by atoms with Gasteiger partial charge in [-0.25, -0.2) is 4.79 Å². The first-order chi connectivity index (χ1) is 15.1. The largest absolute Gasteiger partial charge is 0.444 e. The van der Waals surface area contributed by atoms with Crippen LogP contribution in [-0.4, -0.2) is 65.3 Å². The van der Waals surface area contributed by atoms with Crippen molar-refractivity contribution in [1.82, 2.24) is 15.1 Å². The molecule has 3 unspecified atom stereocenters. The van der Waals surface area contributed by atoms with Crippen LogP contribution in [0, 0.1) is 0 Å². The fourth-order valence-electron chi connectivity index (χ4n) is 4.48. The molecule has 0 aliphatic carbocycles. The van der Waals surface area contributed by atoms with Crippen LogP contribution in [0.4, 0.5) is 4.79 Å². The number of hydrogen-bond donors (Lipinski definition) is 1. The molecule has 178 valence electrons. The topological polar surface area (TPSA) is 71.1 Å². The van der Waals surface area contributed by atoms with E-state index in [1.165, 1.54) is 5.56 Å². The van der Waals surface area contributed by atoms with E-state index in [-0.39, 0.29) is 18.1 Å². The van der Waals surface area contributed by atoms with Crippen LogP contribution >= 0.6 is 0 Å². The highest BCUT2D eigenvalue weighted by Crippen LogP contribution is 2.21. The van der Waals surface area contributed by atoms with Crippen LogP contribution in [0.15, 0.2) is 24.3 Å². The minimum atomic E-state index is -0.575. The lowest BCUT2D eigenvalue weighted by Crippen LogP contribution is -2.52. The molecule has 3 rings (SSSR count). The Balaban J connectivity index is 1.51. The number of morpholine rings is 1. The second-order valence-corrected chi connectivity index (χ2v) is 10.2. The highest BCUT2D eigenvalue weighted by atomic mass is 16.6. The lowest BCUT2D eigenvalue weighted by molar-refractivity contribution is -0.127. The third-order valence-electron chi connectivity index (χ3n) is 5.82. The summed E-state index contributed by atoms with van der Waals surface area (Å²) in [7, 11) is 0. The van der Waals surface area contributed by atoms with E-state index in [0.717, 1.165) is 38.0 Å². The van der Waals surface area contributed by atoms with E-state index >= 15 is 0 Å². The Kier molecular flexibility index (Phi) is 8.17. The quantitative estimate of drug-likeness (QED) is 0.748. The molecule has 2 heterocycles. The summed E-state index contributed by atoms with van der Waals surface area (Å²) in [6.07, 6.45) is 2.60. The number of piperidine rings is 1. The van der Waals surface area contributed by atoms with Crippen LogP contribution in [0.1, 0.15) is 65.0 Å². The molecule has 0 radical (unpaired) electrons. The molecule has 0 saturated carbocycles. The van der Waals surface area contributed by atoms with Crippen LogP contribution in [0.25, 0.3) is 0 Å².